The van der Waals surface area contributed by atoms with Gasteiger partial charge in [-0.3, -0.25) is 4.57 Å². The molecule has 1 aromatic heterocycles. The fourth-order valence-corrected chi connectivity index (χ4v) is 3.98. The predicted octanol–water partition coefficient (Wildman–Crippen LogP) is 5.65. The number of aryl methyl sites for hydroxylation is 1. The molecular weight excluding hydrogens is 400 g/mol. The largest absolute Gasteiger partial charge is 0.378 e. The highest BCUT2D eigenvalue weighted by Gasteiger charge is 2.29. The van der Waals surface area contributed by atoms with Crippen molar-refractivity contribution >= 4 is 33.2 Å². The molecule has 1 aliphatic heterocycles. The number of hydrogen-bond acceptors (Lipinski definition) is 3. The first-order chi connectivity index (χ1) is 12.0. The minimum absolute atomic E-state index is 0.171. The van der Waals surface area contributed by atoms with Gasteiger partial charge in [-0.1, -0.05) is 34.5 Å². The molecule has 0 radical (unpaired) electrons. The highest BCUT2D eigenvalue weighted by Crippen LogP contribution is 2.39. The average Bonchev–Trinajstić information content (AvgIpc) is 2.93. The van der Waals surface area contributed by atoms with E-state index in [1.807, 2.05) is 31.2 Å². The summed E-state index contributed by atoms with van der Waals surface area (Å²) in [4.78, 5) is 0. The van der Waals surface area contributed by atoms with Crippen molar-refractivity contribution in [3.05, 3.63) is 69.2 Å². The van der Waals surface area contributed by atoms with E-state index in [2.05, 4.69) is 61.1 Å². The molecule has 0 saturated carbocycles. The lowest BCUT2D eigenvalue weighted by molar-refractivity contribution is 0.586. The Morgan fingerprint density at radius 1 is 1.16 bits per heavy atom. The Morgan fingerprint density at radius 3 is 2.68 bits per heavy atom. The average molecular weight is 418 g/mol. The van der Waals surface area contributed by atoms with E-state index in [4.69, 9.17) is 11.6 Å². The first-order valence-corrected chi connectivity index (χ1v) is 9.44. The zero-order valence-electron chi connectivity index (χ0n) is 14.0. The number of anilines is 1. The minimum Gasteiger partial charge on any atom is -0.378 e. The molecule has 0 spiro atoms. The highest BCUT2D eigenvalue weighted by atomic mass is 79.9. The van der Waals surface area contributed by atoms with Crippen LogP contribution in [0.4, 0.5) is 5.69 Å². The van der Waals surface area contributed by atoms with Crippen molar-refractivity contribution in [2.24, 2.45) is 0 Å². The number of hydrogen-bond donors (Lipinski definition) is 1. The number of halogens is 2. The van der Waals surface area contributed by atoms with Gasteiger partial charge in [0.2, 0.25) is 0 Å². The van der Waals surface area contributed by atoms with Gasteiger partial charge >= 0.3 is 0 Å². The second-order valence-corrected chi connectivity index (χ2v) is 7.84. The SMILES string of the molecule is Cc1nnc2n1-c1ccc(Br)cc1C(Nc1ccc(Cl)cc1)CC2C. The third kappa shape index (κ3) is 3.07. The zero-order valence-corrected chi connectivity index (χ0v) is 16.3. The van der Waals surface area contributed by atoms with E-state index in [9.17, 15) is 0 Å². The second kappa shape index (κ2) is 6.46. The number of benzene rings is 2. The Labute approximate surface area is 160 Å². The Morgan fingerprint density at radius 2 is 1.92 bits per heavy atom. The normalized spacial score (nSPS) is 19.0. The van der Waals surface area contributed by atoms with Crippen molar-refractivity contribution in [2.45, 2.75) is 32.2 Å². The molecule has 4 rings (SSSR count). The number of nitrogens with zero attached hydrogens (tertiary/aromatic N) is 3. The summed E-state index contributed by atoms with van der Waals surface area (Å²) in [5.41, 5.74) is 3.43. The lowest BCUT2D eigenvalue weighted by atomic mass is 9.96. The van der Waals surface area contributed by atoms with E-state index in [0.717, 1.165) is 38.9 Å². The maximum Gasteiger partial charge on any atom is 0.140 e. The molecular formula is C19H18BrClN4. The summed E-state index contributed by atoms with van der Waals surface area (Å²) < 4.78 is 3.24. The van der Waals surface area contributed by atoms with Gasteiger partial charge in [-0.15, -0.1) is 10.2 Å². The Hall–Kier alpha value is -1.85. The Bertz CT molecular complexity index is 920. The molecule has 2 atom stereocenters. The van der Waals surface area contributed by atoms with Crippen molar-refractivity contribution in [3.8, 4) is 5.69 Å². The van der Waals surface area contributed by atoms with E-state index >= 15 is 0 Å². The quantitative estimate of drug-likeness (QED) is 0.585. The highest BCUT2D eigenvalue weighted by molar-refractivity contribution is 9.10. The zero-order chi connectivity index (χ0) is 17.6. The predicted molar refractivity (Wildman–Crippen MR) is 105 cm³/mol. The van der Waals surface area contributed by atoms with Crippen LogP contribution in [0.2, 0.25) is 5.02 Å². The van der Waals surface area contributed by atoms with Gasteiger partial charge in [0.05, 0.1) is 11.7 Å². The van der Waals surface area contributed by atoms with Crippen LogP contribution in [0.15, 0.2) is 46.9 Å². The maximum atomic E-state index is 6.02. The summed E-state index contributed by atoms with van der Waals surface area (Å²) in [6.07, 6.45) is 0.935. The van der Waals surface area contributed by atoms with E-state index < -0.39 is 0 Å². The van der Waals surface area contributed by atoms with Gasteiger partial charge in [0.25, 0.3) is 0 Å². The van der Waals surface area contributed by atoms with Gasteiger partial charge in [0, 0.05) is 21.1 Å². The van der Waals surface area contributed by atoms with Gasteiger partial charge in [-0.2, -0.15) is 0 Å². The lowest BCUT2D eigenvalue weighted by Crippen LogP contribution is -2.13. The maximum absolute atomic E-state index is 6.02. The first kappa shape index (κ1) is 16.6. The molecule has 6 heteroatoms. The van der Waals surface area contributed by atoms with Crippen molar-refractivity contribution in [2.75, 3.05) is 5.32 Å². The van der Waals surface area contributed by atoms with Crippen LogP contribution < -0.4 is 5.32 Å². The van der Waals surface area contributed by atoms with Gasteiger partial charge in [0.15, 0.2) is 0 Å². The van der Waals surface area contributed by atoms with Crippen LogP contribution >= 0.6 is 27.5 Å². The third-order valence-electron chi connectivity index (χ3n) is 4.67. The Kier molecular flexibility index (Phi) is 4.29. The van der Waals surface area contributed by atoms with Crippen LogP contribution in [-0.4, -0.2) is 14.8 Å². The molecule has 0 fully saturated rings. The summed E-state index contributed by atoms with van der Waals surface area (Å²) in [5, 5.41) is 13.1. The summed E-state index contributed by atoms with van der Waals surface area (Å²) in [5.74, 6) is 2.22. The molecule has 3 aromatic rings. The van der Waals surface area contributed by atoms with Crippen molar-refractivity contribution < 1.29 is 0 Å². The molecule has 2 heterocycles. The van der Waals surface area contributed by atoms with E-state index in [1.165, 1.54) is 5.56 Å². The Balaban J connectivity index is 1.82. The molecule has 0 aliphatic carbocycles. The molecule has 1 aliphatic rings. The summed E-state index contributed by atoms with van der Waals surface area (Å²) in [7, 11) is 0. The summed E-state index contributed by atoms with van der Waals surface area (Å²) >= 11 is 9.63. The number of nitrogens with one attached hydrogen (secondary N) is 1. The number of aromatic nitrogens is 3. The van der Waals surface area contributed by atoms with Gasteiger partial charge in [-0.25, -0.2) is 0 Å². The molecule has 2 aromatic carbocycles. The van der Waals surface area contributed by atoms with Crippen molar-refractivity contribution in [3.63, 3.8) is 0 Å². The molecule has 0 amide bonds. The molecule has 1 N–H and O–H groups in total. The second-order valence-electron chi connectivity index (χ2n) is 6.48. The van der Waals surface area contributed by atoms with Crippen LogP contribution in [0.25, 0.3) is 5.69 Å². The number of rotatable bonds is 2. The smallest absolute Gasteiger partial charge is 0.140 e. The fraction of sp³-hybridized carbons (Fsp3) is 0.263. The monoisotopic (exact) mass is 416 g/mol. The van der Waals surface area contributed by atoms with Crippen LogP contribution in [-0.2, 0) is 0 Å². The van der Waals surface area contributed by atoms with E-state index in [-0.39, 0.29) is 12.0 Å². The van der Waals surface area contributed by atoms with Gasteiger partial charge in [0.1, 0.15) is 11.6 Å². The van der Waals surface area contributed by atoms with Crippen LogP contribution in [0, 0.1) is 6.92 Å². The third-order valence-corrected chi connectivity index (χ3v) is 5.42. The van der Waals surface area contributed by atoms with Crippen molar-refractivity contribution in [1.29, 1.82) is 0 Å². The molecule has 25 heavy (non-hydrogen) atoms. The standard InChI is InChI=1S/C19H18BrClN4/c1-11-9-17(22-15-6-4-14(21)5-7-15)16-10-13(20)3-8-18(16)25-12(2)23-24-19(11)25/h3-8,10-11,17,22H,9H2,1-2H3. The van der Waals surface area contributed by atoms with E-state index in [0.29, 0.717) is 0 Å². The first-order valence-electron chi connectivity index (χ1n) is 8.27. The topological polar surface area (TPSA) is 42.7 Å². The lowest BCUT2D eigenvalue weighted by Gasteiger charge is -2.22. The molecule has 4 nitrogen and oxygen atoms in total. The molecule has 0 saturated heterocycles. The van der Waals surface area contributed by atoms with Crippen LogP contribution in [0.3, 0.4) is 0 Å². The fourth-order valence-electron chi connectivity index (χ4n) is 3.47. The number of fused-ring (bicyclic) bond motifs is 3. The van der Waals surface area contributed by atoms with Crippen LogP contribution in [0.1, 0.15) is 42.5 Å². The van der Waals surface area contributed by atoms with Gasteiger partial charge < -0.3 is 5.32 Å². The molecule has 0 bridgehead atoms. The van der Waals surface area contributed by atoms with E-state index in [1.54, 1.807) is 0 Å². The summed E-state index contributed by atoms with van der Waals surface area (Å²) in [6.45, 7) is 4.21. The van der Waals surface area contributed by atoms with Crippen LogP contribution in [0.5, 0.6) is 0 Å². The van der Waals surface area contributed by atoms with Gasteiger partial charge in [-0.05, 0) is 61.4 Å². The minimum atomic E-state index is 0.171. The molecule has 2 unspecified atom stereocenters. The summed E-state index contributed by atoms with van der Waals surface area (Å²) in [6, 6.07) is 14.4. The van der Waals surface area contributed by atoms with Crippen molar-refractivity contribution in [1.82, 2.24) is 14.8 Å². The molecule has 128 valence electrons.